The van der Waals surface area contributed by atoms with Crippen LogP contribution in [-0.2, 0) is 6.42 Å². The second-order valence-electron chi connectivity index (χ2n) is 5.45. The minimum atomic E-state index is -0.695. The van der Waals surface area contributed by atoms with Crippen LogP contribution in [0.5, 0.6) is 5.75 Å². The number of aromatic nitrogens is 2. The van der Waals surface area contributed by atoms with Crippen LogP contribution in [0.15, 0.2) is 42.0 Å². The third-order valence-electron chi connectivity index (χ3n) is 3.71. The fraction of sp³-hybridized carbons (Fsp3) is 0.167. The highest BCUT2D eigenvalue weighted by Gasteiger charge is 2.14. The van der Waals surface area contributed by atoms with Gasteiger partial charge in [-0.2, -0.15) is 0 Å². The number of hydrogen-bond acceptors (Lipinski definition) is 5. The van der Waals surface area contributed by atoms with Gasteiger partial charge in [-0.1, -0.05) is 0 Å². The number of nitrogens with zero attached hydrogens (tertiary/aromatic N) is 2. The van der Waals surface area contributed by atoms with Gasteiger partial charge in [0.05, 0.1) is 12.8 Å². The molecule has 3 rings (SSSR count). The van der Waals surface area contributed by atoms with Crippen LogP contribution < -0.4 is 15.4 Å². The molecule has 2 heterocycles. The van der Waals surface area contributed by atoms with Gasteiger partial charge in [-0.05, 0) is 42.9 Å². The number of nitrogens with one attached hydrogen (secondary N) is 2. The Morgan fingerprint density at radius 2 is 2.15 bits per heavy atom. The van der Waals surface area contributed by atoms with Gasteiger partial charge in [0.25, 0.3) is 0 Å². The number of rotatable bonds is 6. The van der Waals surface area contributed by atoms with Gasteiger partial charge in [0, 0.05) is 35.4 Å². The smallest absolute Gasteiger partial charge is 0.189 e. The third kappa shape index (κ3) is 4.75. The molecule has 5 nitrogen and oxygen atoms in total. The summed E-state index contributed by atoms with van der Waals surface area (Å²) in [5.41, 5.74) is 1.65. The third-order valence-corrected chi connectivity index (χ3v) is 4.72. The maximum Gasteiger partial charge on any atom is 0.189 e. The molecule has 0 atom stereocenters. The summed E-state index contributed by atoms with van der Waals surface area (Å²) in [6.07, 6.45) is 3.55. The van der Waals surface area contributed by atoms with Crippen LogP contribution in [0.4, 0.5) is 13.9 Å². The first-order valence-electron chi connectivity index (χ1n) is 8.00. The molecule has 0 aliphatic rings. The highest BCUT2D eigenvalue weighted by atomic mass is 32.1. The molecule has 2 N–H and O–H groups in total. The summed E-state index contributed by atoms with van der Waals surface area (Å²) in [7, 11) is 1.34. The molecule has 0 spiro atoms. The van der Waals surface area contributed by atoms with E-state index in [2.05, 4.69) is 20.6 Å². The van der Waals surface area contributed by atoms with E-state index < -0.39 is 11.6 Å². The number of benzene rings is 1. The van der Waals surface area contributed by atoms with Crippen molar-refractivity contribution >= 4 is 33.8 Å². The molecule has 0 aliphatic heterocycles. The molecule has 9 heteroatoms. The number of thiazole rings is 1. The molecular formula is C18H16F2N4OS2. The molecule has 2 aromatic heterocycles. The second kappa shape index (κ2) is 8.83. The number of hydrogen-bond donors (Lipinski definition) is 2. The predicted octanol–water partition coefficient (Wildman–Crippen LogP) is 4.02. The van der Waals surface area contributed by atoms with Crippen molar-refractivity contribution < 1.29 is 13.5 Å². The lowest BCUT2D eigenvalue weighted by molar-refractivity contribution is 0.380. The lowest BCUT2D eigenvalue weighted by Gasteiger charge is -2.11. The Labute approximate surface area is 164 Å². The van der Waals surface area contributed by atoms with Crippen molar-refractivity contribution in [2.45, 2.75) is 6.42 Å². The van der Waals surface area contributed by atoms with E-state index in [1.807, 2.05) is 17.5 Å². The van der Waals surface area contributed by atoms with E-state index in [0.717, 1.165) is 11.3 Å². The number of ether oxygens (including phenoxy) is 1. The first-order valence-corrected chi connectivity index (χ1v) is 9.29. The van der Waals surface area contributed by atoms with Crippen molar-refractivity contribution in [3.8, 4) is 17.0 Å². The Balaban J connectivity index is 1.55. The number of halogens is 2. The summed E-state index contributed by atoms with van der Waals surface area (Å²) < 4.78 is 32.8. The predicted molar refractivity (Wildman–Crippen MR) is 106 cm³/mol. The Bertz CT molecular complexity index is 934. The lowest BCUT2D eigenvalue weighted by atomic mass is 10.1. The molecule has 3 aromatic rings. The van der Waals surface area contributed by atoms with Crippen LogP contribution >= 0.6 is 23.6 Å². The minimum absolute atomic E-state index is 0.0119. The fourth-order valence-electron chi connectivity index (χ4n) is 2.38. The first-order chi connectivity index (χ1) is 13.1. The SMILES string of the molecule is COc1ccc(F)c(CCNC(=S)Nc2nc(-c3cccnc3)cs2)c1F. The molecule has 0 bridgehead atoms. The number of anilines is 1. The zero-order chi connectivity index (χ0) is 19.2. The number of thiocarbonyl (C=S) groups is 1. The topological polar surface area (TPSA) is 59.1 Å². The van der Waals surface area contributed by atoms with Crippen LogP contribution in [0.25, 0.3) is 11.3 Å². The monoisotopic (exact) mass is 406 g/mol. The van der Waals surface area contributed by atoms with Crippen LogP contribution in [0.3, 0.4) is 0 Å². The molecule has 0 saturated carbocycles. The zero-order valence-corrected chi connectivity index (χ0v) is 16.0. The largest absolute Gasteiger partial charge is 0.494 e. The van der Waals surface area contributed by atoms with Gasteiger partial charge in [-0.3, -0.25) is 4.98 Å². The molecular weight excluding hydrogens is 390 g/mol. The van der Waals surface area contributed by atoms with Crippen molar-refractivity contribution in [1.29, 1.82) is 0 Å². The molecule has 0 amide bonds. The van der Waals surface area contributed by atoms with Gasteiger partial charge in [0.2, 0.25) is 0 Å². The molecule has 0 radical (unpaired) electrons. The van der Waals surface area contributed by atoms with E-state index in [9.17, 15) is 8.78 Å². The Morgan fingerprint density at radius 1 is 1.30 bits per heavy atom. The van der Waals surface area contributed by atoms with Gasteiger partial charge in [0.15, 0.2) is 21.8 Å². The van der Waals surface area contributed by atoms with Crippen LogP contribution in [-0.4, -0.2) is 28.7 Å². The number of pyridine rings is 1. The van der Waals surface area contributed by atoms with E-state index in [1.54, 1.807) is 12.4 Å². The maximum absolute atomic E-state index is 14.1. The summed E-state index contributed by atoms with van der Waals surface area (Å²) in [6, 6.07) is 6.20. The van der Waals surface area contributed by atoms with Gasteiger partial charge in [-0.25, -0.2) is 13.8 Å². The summed E-state index contributed by atoms with van der Waals surface area (Å²) in [4.78, 5) is 8.50. The van der Waals surface area contributed by atoms with Gasteiger partial charge < -0.3 is 15.4 Å². The van der Waals surface area contributed by atoms with Crippen LogP contribution in [0.1, 0.15) is 5.56 Å². The summed E-state index contributed by atoms with van der Waals surface area (Å²) in [5.74, 6) is -1.30. The lowest BCUT2D eigenvalue weighted by Crippen LogP contribution is -2.30. The summed E-state index contributed by atoms with van der Waals surface area (Å²) in [5, 5.41) is 8.72. The molecule has 140 valence electrons. The molecule has 0 fully saturated rings. The normalized spacial score (nSPS) is 10.5. The van der Waals surface area contributed by atoms with Crippen molar-refractivity contribution in [2.24, 2.45) is 0 Å². The highest BCUT2D eigenvalue weighted by molar-refractivity contribution is 7.80. The van der Waals surface area contributed by atoms with E-state index in [-0.39, 0.29) is 24.3 Å². The van der Waals surface area contributed by atoms with Crippen molar-refractivity contribution in [2.75, 3.05) is 19.0 Å². The molecule has 27 heavy (non-hydrogen) atoms. The first kappa shape index (κ1) is 19.1. The van der Waals surface area contributed by atoms with E-state index in [0.29, 0.717) is 10.2 Å². The standard InChI is InChI=1S/C18H16F2N4OS2/c1-25-15-5-4-13(19)12(16(15)20)6-8-22-17(26)24-18-23-14(10-27-18)11-3-2-7-21-9-11/h2-5,7,9-10H,6,8H2,1H3,(H2,22,23,24,26). The van der Waals surface area contributed by atoms with Gasteiger partial charge >= 0.3 is 0 Å². The van der Waals surface area contributed by atoms with Crippen LogP contribution in [0.2, 0.25) is 0 Å². The molecule has 0 unspecified atom stereocenters. The molecule has 0 aliphatic carbocycles. The van der Waals surface area contributed by atoms with E-state index in [4.69, 9.17) is 17.0 Å². The molecule has 0 saturated heterocycles. The Hall–Kier alpha value is -2.65. The average molecular weight is 406 g/mol. The highest BCUT2D eigenvalue weighted by Crippen LogP contribution is 2.24. The molecule has 1 aromatic carbocycles. The summed E-state index contributed by atoms with van der Waals surface area (Å²) >= 11 is 6.61. The number of methoxy groups -OCH3 is 1. The quantitative estimate of drug-likeness (QED) is 0.603. The zero-order valence-electron chi connectivity index (χ0n) is 14.3. The van der Waals surface area contributed by atoms with Gasteiger partial charge in [0.1, 0.15) is 5.82 Å². The Kier molecular flexibility index (Phi) is 6.25. The second-order valence-corrected chi connectivity index (χ2v) is 6.72. The minimum Gasteiger partial charge on any atom is -0.494 e. The van der Waals surface area contributed by atoms with E-state index >= 15 is 0 Å². The fourth-order valence-corrected chi connectivity index (χ4v) is 3.37. The average Bonchev–Trinajstić information content (AvgIpc) is 3.13. The van der Waals surface area contributed by atoms with E-state index in [1.165, 1.54) is 30.6 Å². The van der Waals surface area contributed by atoms with Crippen molar-refractivity contribution in [3.63, 3.8) is 0 Å². The van der Waals surface area contributed by atoms with Crippen molar-refractivity contribution in [3.05, 3.63) is 59.2 Å². The van der Waals surface area contributed by atoms with Crippen LogP contribution in [0, 0.1) is 11.6 Å². The maximum atomic E-state index is 14.1. The Morgan fingerprint density at radius 3 is 2.89 bits per heavy atom. The summed E-state index contributed by atoms with van der Waals surface area (Å²) in [6.45, 7) is 0.258. The van der Waals surface area contributed by atoms with Crippen molar-refractivity contribution in [1.82, 2.24) is 15.3 Å². The van der Waals surface area contributed by atoms with Gasteiger partial charge in [-0.15, -0.1) is 11.3 Å².